The summed E-state index contributed by atoms with van der Waals surface area (Å²) in [6.07, 6.45) is 0. The van der Waals surface area contributed by atoms with Gasteiger partial charge in [0.25, 0.3) is 0 Å². The molecule has 5 nitrogen and oxygen atoms in total. The van der Waals surface area contributed by atoms with Crippen molar-refractivity contribution in [3.8, 4) is 23.0 Å². The third-order valence-corrected chi connectivity index (χ3v) is 9.65. The number of methoxy groups -OCH3 is 4. The van der Waals surface area contributed by atoms with Gasteiger partial charge >= 0.3 is 0 Å². The molecule has 0 aliphatic rings. The molecule has 1 aromatic heterocycles. The van der Waals surface area contributed by atoms with E-state index in [-0.39, 0.29) is 11.8 Å². The van der Waals surface area contributed by atoms with Gasteiger partial charge in [0.2, 0.25) is 0 Å². The Bertz CT molecular complexity index is 1790. The van der Waals surface area contributed by atoms with Crippen LogP contribution in [0.15, 0.2) is 27.1 Å². The fourth-order valence-corrected chi connectivity index (χ4v) is 7.73. The number of fused-ring (bicyclic) bond motifs is 7. The van der Waals surface area contributed by atoms with Gasteiger partial charge in [-0.1, -0.05) is 59.6 Å². The van der Waals surface area contributed by atoms with Crippen LogP contribution in [0.4, 0.5) is 0 Å². The molecule has 1 heterocycles. The Morgan fingerprint density at radius 1 is 0.625 bits per heavy atom. The van der Waals surface area contributed by atoms with Gasteiger partial charge in [0.1, 0.15) is 11.2 Å². The third-order valence-electron chi connectivity index (χ3n) is 7.69. The van der Waals surface area contributed by atoms with Gasteiger partial charge in [-0.05, 0) is 67.9 Å². The second-order valence-corrected chi connectivity index (χ2v) is 12.4. The van der Waals surface area contributed by atoms with Crippen molar-refractivity contribution in [3.63, 3.8) is 0 Å². The zero-order valence-corrected chi connectivity index (χ0v) is 28.7. The number of alkyl halides is 2. The Kier molecular flexibility index (Phi) is 8.25. The first-order chi connectivity index (χ1) is 19.2. The van der Waals surface area contributed by atoms with Gasteiger partial charge in [-0.2, -0.15) is 0 Å². The van der Waals surface area contributed by atoms with E-state index in [1.165, 1.54) is 0 Å². The second kappa shape index (κ2) is 11.3. The highest BCUT2D eigenvalue weighted by Gasteiger charge is 2.29. The molecule has 40 heavy (non-hydrogen) atoms. The van der Waals surface area contributed by atoms with E-state index in [0.717, 1.165) is 81.7 Å². The first-order valence-electron chi connectivity index (χ1n) is 13.2. The molecular weight excluding hydrogens is 704 g/mol. The van der Waals surface area contributed by atoms with E-state index >= 15 is 0 Å². The van der Waals surface area contributed by atoms with Crippen LogP contribution in [0.25, 0.3) is 43.5 Å². The number of halogens is 3. The van der Waals surface area contributed by atoms with Gasteiger partial charge in [-0.15, -0.1) is 0 Å². The highest BCUT2D eigenvalue weighted by Crippen LogP contribution is 2.53. The summed E-state index contributed by atoms with van der Waals surface area (Å²) in [5, 5.41) is 7.64. The summed E-state index contributed by atoms with van der Waals surface area (Å²) >= 11 is 11.5. The Morgan fingerprint density at radius 3 is 1.65 bits per heavy atom. The number of hydrogen-bond donors (Lipinski definition) is 0. The molecule has 5 aromatic rings. The quantitative estimate of drug-likeness (QED) is 0.148. The molecule has 0 unspecified atom stereocenters. The van der Waals surface area contributed by atoms with E-state index in [2.05, 4.69) is 87.6 Å². The Hall–Kier alpha value is -2.16. The van der Waals surface area contributed by atoms with E-state index in [4.69, 9.17) is 23.4 Å². The largest absolute Gasteiger partial charge is 0.493 e. The molecule has 0 aliphatic heterocycles. The van der Waals surface area contributed by atoms with Crippen LogP contribution < -0.4 is 18.9 Å². The van der Waals surface area contributed by atoms with Crippen LogP contribution in [0, 0.1) is 0 Å². The smallest absolute Gasteiger partial charge is 0.176 e. The van der Waals surface area contributed by atoms with Gasteiger partial charge in [-0.3, -0.25) is 0 Å². The fraction of sp³-hybridized carbons (Fsp3) is 0.375. The SMILES string of the molecule is COc1cc2c(cc(CBr)c3c2oc2c4c(Br)c(OC)c(OC)c(C(C)C)c4cc(CBr)c23)c(C(C)C)c1OC. The summed E-state index contributed by atoms with van der Waals surface area (Å²) in [6, 6.07) is 6.57. The van der Waals surface area contributed by atoms with Gasteiger partial charge in [0.15, 0.2) is 23.0 Å². The number of ether oxygens (including phenoxy) is 4. The van der Waals surface area contributed by atoms with E-state index in [0.29, 0.717) is 22.2 Å². The standard InChI is InChI=1S/C32H33Br3O5/c1-14(2)22-18-9-16(12-33)24-25-17(13-34)10-20-23(15(3)4)31(38-7)32(39-8)27(35)26(20)30(25)40-28(24)19(18)11-21(36-5)29(22)37-6/h9-11,14-15H,12-13H2,1-8H3. The van der Waals surface area contributed by atoms with Crippen molar-refractivity contribution in [2.45, 2.75) is 50.2 Å². The summed E-state index contributed by atoms with van der Waals surface area (Å²) in [5.41, 5.74) is 6.12. The van der Waals surface area contributed by atoms with Gasteiger partial charge in [-0.25, -0.2) is 0 Å². The summed E-state index contributed by atoms with van der Waals surface area (Å²) < 4.78 is 31.3. The molecule has 0 saturated carbocycles. The number of furan rings is 1. The minimum absolute atomic E-state index is 0.189. The van der Waals surface area contributed by atoms with Crippen LogP contribution in [0.1, 0.15) is 61.8 Å². The number of hydrogen-bond acceptors (Lipinski definition) is 5. The van der Waals surface area contributed by atoms with Crippen molar-refractivity contribution in [1.29, 1.82) is 0 Å². The molecule has 0 aliphatic carbocycles. The highest BCUT2D eigenvalue weighted by molar-refractivity contribution is 9.10. The van der Waals surface area contributed by atoms with Crippen LogP contribution in [-0.4, -0.2) is 28.4 Å². The molecular formula is C32H33Br3O5. The molecule has 0 spiro atoms. The second-order valence-electron chi connectivity index (χ2n) is 10.5. The van der Waals surface area contributed by atoms with E-state index in [1.807, 2.05) is 6.07 Å². The van der Waals surface area contributed by atoms with Crippen molar-refractivity contribution >= 4 is 91.3 Å². The molecule has 0 atom stereocenters. The van der Waals surface area contributed by atoms with Crippen LogP contribution >= 0.6 is 47.8 Å². The zero-order chi connectivity index (χ0) is 29.0. The molecule has 0 radical (unpaired) electrons. The zero-order valence-electron chi connectivity index (χ0n) is 24.0. The van der Waals surface area contributed by atoms with E-state index in [9.17, 15) is 0 Å². The average Bonchev–Trinajstić information content (AvgIpc) is 3.35. The average molecular weight is 737 g/mol. The molecule has 0 amide bonds. The Morgan fingerprint density at radius 2 is 1.15 bits per heavy atom. The van der Waals surface area contributed by atoms with E-state index < -0.39 is 0 Å². The predicted octanol–water partition coefficient (Wildman–Crippen LogP) is 10.7. The molecule has 0 fully saturated rings. The predicted molar refractivity (Wildman–Crippen MR) is 176 cm³/mol. The normalized spacial score (nSPS) is 12.0. The van der Waals surface area contributed by atoms with Crippen LogP contribution in [0.5, 0.6) is 23.0 Å². The van der Waals surface area contributed by atoms with Gasteiger partial charge in [0, 0.05) is 43.3 Å². The van der Waals surface area contributed by atoms with Crippen molar-refractivity contribution in [3.05, 3.63) is 44.9 Å². The maximum Gasteiger partial charge on any atom is 0.176 e. The van der Waals surface area contributed by atoms with Crippen LogP contribution in [0.2, 0.25) is 0 Å². The summed E-state index contributed by atoms with van der Waals surface area (Å²) in [5.74, 6) is 3.23. The third kappa shape index (κ3) is 4.19. The molecule has 8 heteroatoms. The van der Waals surface area contributed by atoms with Crippen molar-refractivity contribution in [1.82, 2.24) is 0 Å². The topological polar surface area (TPSA) is 50.1 Å². The molecule has 212 valence electrons. The maximum atomic E-state index is 7.00. The maximum absolute atomic E-state index is 7.00. The molecule has 4 aromatic carbocycles. The van der Waals surface area contributed by atoms with Crippen molar-refractivity contribution in [2.24, 2.45) is 0 Å². The van der Waals surface area contributed by atoms with Crippen LogP contribution in [0.3, 0.4) is 0 Å². The molecule has 0 N–H and O–H groups in total. The minimum atomic E-state index is 0.189. The lowest BCUT2D eigenvalue weighted by Gasteiger charge is -2.21. The lowest BCUT2D eigenvalue weighted by atomic mass is 9.89. The molecule has 5 rings (SSSR count). The lowest BCUT2D eigenvalue weighted by Crippen LogP contribution is -2.01. The lowest BCUT2D eigenvalue weighted by molar-refractivity contribution is 0.350. The summed E-state index contributed by atoms with van der Waals surface area (Å²) in [6.45, 7) is 8.69. The minimum Gasteiger partial charge on any atom is -0.493 e. The van der Waals surface area contributed by atoms with E-state index in [1.54, 1.807) is 28.4 Å². The first-order valence-corrected chi connectivity index (χ1v) is 16.2. The molecule has 0 bridgehead atoms. The Balaban J connectivity index is 2.13. The summed E-state index contributed by atoms with van der Waals surface area (Å²) in [7, 11) is 6.73. The van der Waals surface area contributed by atoms with Crippen molar-refractivity contribution < 1.29 is 23.4 Å². The molecule has 0 saturated heterocycles. The number of rotatable bonds is 8. The summed E-state index contributed by atoms with van der Waals surface area (Å²) in [4.78, 5) is 0. The highest BCUT2D eigenvalue weighted by atomic mass is 79.9. The Labute approximate surface area is 259 Å². The van der Waals surface area contributed by atoms with Gasteiger partial charge < -0.3 is 23.4 Å². The van der Waals surface area contributed by atoms with Crippen molar-refractivity contribution in [2.75, 3.05) is 28.4 Å². The van der Waals surface area contributed by atoms with Gasteiger partial charge in [0.05, 0.1) is 32.9 Å². The monoisotopic (exact) mass is 734 g/mol. The first kappa shape index (κ1) is 29.3. The number of benzene rings is 4. The fourth-order valence-electron chi connectivity index (χ4n) is 6.11. The van der Waals surface area contributed by atoms with Crippen LogP contribution in [-0.2, 0) is 10.7 Å².